The first kappa shape index (κ1) is 18.5. The predicted octanol–water partition coefficient (Wildman–Crippen LogP) is 4.06. The van der Waals surface area contributed by atoms with Crippen LogP contribution < -0.4 is 0 Å². The van der Waals surface area contributed by atoms with Crippen LogP contribution in [0.2, 0.25) is 0 Å². The Morgan fingerprint density at radius 1 is 1.22 bits per heavy atom. The molecule has 1 fully saturated rings. The summed E-state index contributed by atoms with van der Waals surface area (Å²) in [4.78, 5) is 29.3. The number of carbonyl (C=O) groups excluding carboxylic acids is 2. The van der Waals surface area contributed by atoms with Crippen LogP contribution in [0.4, 0.5) is 4.79 Å². The molecule has 0 unspecified atom stereocenters. The highest BCUT2D eigenvalue weighted by Crippen LogP contribution is 2.26. The van der Waals surface area contributed by atoms with Crippen molar-refractivity contribution in [2.75, 3.05) is 6.61 Å². The van der Waals surface area contributed by atoms with Crippen LogP contribution in [0.3, 0.4) is 0 Å². The molecule has 0 N–H and O–H groups in total. The molecule has 0 bridgehead atoms. The van der Waals surface area contributed by atoms with Crippen LogP contribution in [-0.4, -0.2) is 35.6 Å². The average Bonchev–Trinajstić information content (AvgIpc) is 3.06. The molecule has 1 aliphatic heterocycles. The molecule has 0 saturated carbocycles. The van der Waals surface area contributed by atoms with Gasteiger partial charge in [0.1, 0.15) is 12.6 Å². The molecule has 1 saturated heterocycles. The highest BCUT2D eigenvalue weighted by Gasteiger charge is 2.42. The van der Waals surface area contributed by atoms with E-state index in [1.54, 1.807) is 6.92 Å². The minimum atomic E-state index is -1.03. The minimum absolute atomic E-state index is 0.127. The van der Waals surface area contributed by atoms with Crippen LogP contribution in [0.15, 0.2) is 65.8 Å². The summed E-state index contributed by atoms with van der Waals surface area (Å²) in [5.41, 5.74) is 10.8. The molecule has 1 heterocycles. The van der Waals surface area contributed by atoms with E-state index in [2.05, 4.69) is 10.0 Å². The van der Waals surface area contributed by atoms with Crippen molar-refractivity contribution in [3.63, 3.8) is 0 Å². The molecule has 1 aliphatic rings. The fourth-order valence-electron chi connectivity index (χ4n) is 3.27. The van der Waals surface area contributed by atoms with E-state index >= 15 is 0 Å². The highest BCUT2D eigenvalue weighted by molar-refractivity contribution is 5.97. The number of carbonyl (C=O) groups is 2. The topological polar surface area (TPSA) is 95.4 Å². The summed E-state index contributed by atoms with van der Waals surface area (Å²) in [6.07, 6.45) is -0.208. The molecule has 0 aromatic heterocycles. The second-order valence-electron chi connectivity index (χ2n) is 6.48. The lowest BCUT2D eigenvalue weighted by Gasteiger charge is -2.26. The van der Waals surface area contributed by atoms with Crippen LogP contribution in [0, 0.1) is 0 Å². The molecular formula is C20H20N4O3. The third-order valence-electron chi connectivity index (χ3n) is 4.74. The van der Waals surface area contributed by atoms with Gasteiger partial charge in [0.2, 0.25) is 5.91 Å². The van der Waals surface area contributed by atoms with Crippen LogP contribution >= 0.6 is 0 Å². The maximum absolute atomic E-state index is 13.1. The van der Waals surface area contributed by atoms with E-state index in [1.165, 1.54) is 0 Å². The Balaban J connectivity index is 1.85. The van der Waals surface area contributed by atoms with Gasteiger partial charge in [0.15, 0.2) is 0 Å². The van der Waals surface area contributed by atoms with Gasteiger partial charge in [-0.2, -0.15) is 0 Å². The van der Waals surface area contributed by atoms with Crippen molar-refractivity contribution in [2.45, 2.75) is 31.3 Å². The van der Waals surface area contributed by atoms with Gasteiger partial charge in [0.05, 0.1) is 6.04 Å². The van der Waals surface area contributed by atoms with Gasteiger partial charge in [0, 0.05) is 4.91 Å². The standard InChI is InChI=1S/C20H20N4O3/c1-14(16-10-6-3-7-11-16)18(22-23-21)19(25)24-17(13-27-20(24)26)12-15-8-4-2-5-9-15/h2-11,14,17-18H,12-13H2,1H3/t14-,17-,18+/m0/s1. The van der Waals surface area contributed by atoms with Crippen molar-refractivity contribution in [1.29, 1.82) is 0 Å². The average molecular weight is 364 g/mol. The van der Waals surface area contributed by atoms with Gasteiger partial charge in [-0.3, -0.25) is 4.79 Å². The number of hydrogen-bond donors (Lipinski definition) is 0. The van der Waals surface area contributed by atoms with E-state index in [0.717, 1.165) is 16.0 Å². The molecule has 27 heavy (non-hydrogen) atoms. The Morgan fingerprint density at radius 3 is 2.48 bits per heavy atom. The molecule has 7 nitrogen and oxygen atoms in total. The zero-order chi connectivity index (χ0) is 19.2. The lowest BCUT2D eigenvalue weighted by molar-refractivity contribution is -0.130. The summed E-state index contributed by atoms with van der Waals surface area (Å²) in [6, 6.07) is 17.4. The first-order valence-electron chi connectivity index (χ1n) is 8.74. The van der Waals surface area contributed by atoms with Gasteiger partial charge in [-0.05, 0) is 29.0 Å². The third-order valence-corrected chi connectivity index (χ3v) is 4.74. The predicted molar refractivity (Wildman–Crippen MR) is 99.9 cm³/mol. The summed E-state index contributed by atoms with van der Waals surface area (Å²) < 4.78 is 5.12. The molecule has 7 heteroatoms. The van der Waals surface area contributed by atoms with E-state index < -0.39 is 24.1 Å². The number of cyclic esters (lactones) is 1. The van der Waals surface area contributed by atoms with Gasteiger partial charge < -0.3 is 4.74 Å². The third kappa shape index (κ3) is 4.10. The maximum atomic E-state index is 13.1. The van der Waals surface area contributed by atoms with E-state index in [4.69, 9.17) is 10.3 Å². The fourth-order valence-corrected chi connectivity index (χ4v) is 3.27. The fraction of sp³-hybridized carbons (Fsp3) is 0.300. The maximum Gasteiger partial charge on any atom is 0.416 e. The van der Waals surface area contributed by atoms with Gasteiger partial charge >= 0.3 is 6.09 Å². The second-order valence-corrected chi connectivity index (χ2v) is 6.48. The molecule has 0 radical (unpaired) electrons. The second kappa shape index (κ2) is 8.38. The van der Waals surface area contributed by atoms with Crippen LogP contribution in [0.1, 0.15) is 24.0 Å². The van der Waals surface area contributed by atoms with Gasteiger partial charge in [-0.1, -0.05) is 72.7 Å². The summed E-state index contributed by atoms with van der Waals surface area (Å²) in [7, 11) is 0. The quantitative estimate of drug-likeness (QED) is 0.439. The molecule has 2 amide bonds. The molecule has 3 rings (SSSR count). The smallest absolute Gasteiger partial charge is 0.416 e. The SMILES string of the molecule is C[C@@H](c1ccccc1)[C@@H](N=[N+]=[N-])C(=O)N1C(=O)OC[C@@H]1Cc1ccccc1. The Hall–Kier alpha value is -3.31. The molecule has 3 atom stereocenters. The Bertz CT molecular complexity index is 850. The molecule has 2 aromatic rings. The summed E-state index contributed by atoms with van der Waals surface area (Å²) in [5, 5.41) is 3.70. The normalized spacial score (nSPS) is 18.3. The number of benzene rings is 2. The zero-order valence-electron chi connectivity index (χ0n) is 14.9. The first-order valence-corrected chi connectivity index (χ1v) is 8.74. The minimum Gasteiger partial charge on any atom is -0.447 e. The van der Waals surface area contributed by atoms with Crippen molar-refractivity contribution in [3.8, 4) is 0 Å². The molecular weight excluding hydrogens is 344 g/mol. The van der Waals surface area contributed by atoms with Crippen molar-refractivity contribution in [3.05, 3.63) is 82.2 Å². The molecule has 0 aliphatic carbocycles. The van der Waals surface area contributed by atoms with E-state index in [1.807, 2.05) is 60.7 Å². The van der Waals surface area contributed by atoms with Crippen molar-refractivity contribution in [2.24, 2.45) is 5.11 Å². The van der Waals surface area contributed by atoms with E-state index in [9.17, 15) is 9.59 Å². The Labute approximate surface area is 157 Å². The number of rotatable bonds is 6. The largest absolute Gasteiger partial charge is 0.447 e. The monoisotopic (exact) mass is 364 g/mol. The lowest BCUT2D eigenvalue weighted by atomic mass is 9.92. The number of nitrogens with zero attached hydrogens (tertiary/aromatic N) is 4. The van der Waals surface area contributed by atoms with Gasteiger partial charge in [-0.15, -0.1) is 0 Å². The van der Waals surface area contributed by atoms with Gasteiger partial charge in [0.25, 0.3) is 0 Å². The van der Waals surface area contributed by atoms with Crippen molar-refractivity contribution >= 4 is 12.0 Å². The van der Waals surface area contributed by atoms with Crippen LogP contribution in [0.5, 0.6) is 0 Å². The Morgan fingerprint density at radius 2 is 1.85 bits per heavy atom. The number of hydrogen-bond acceptors (Lipinski definition) is 4. The zero-order valence-corrected chi connectivity index (χ0v) is 14.9. The van der Waals surface area contributed by atoms with Gasteiger partial charge in [-0.25, -0.2) is 9.69 Å². The number of azide groups is 1. The first-order chi connectivity index (χ1) is 13.1. The van der Waals surface area contributed by atoms with E-state index in [0.29, 0.717) is 6.42 Å². The lowest BCUT2D eigenvalue weighted by Crippen LogP contribution is -2.46. The molecule has 2 aromatic carbocycles. The van der Waals surface area contributed by atoms with Crippen LogP contribution in [-0.2, 0) is 16.0 Å². The summed E-state index contributed by atoms with van der Waals surface area (Å²) in [5.74, 6) is -0.909. The van der Waals surface area contributed by atoms with Crippen LogP contribution in [0.25, 0.3) is 10.4 Å². The molecule has 138 valence electrons. The number of amides is 2. The van der Waals surface area contributed by atoms with E-state index in [-0.39, 0.29) is 12.5 Å². The van der Waals surface area contributed by atoms with Crippen molar-refractivity contribution in [1.82, 2.24) is 4.90 Å². The number of ether oxygens (including phenoxy) is 1. The summed E-state index contributed by atoms with van der Waals surface area (Å²) >= 11 is 0. The Kier molecular flexibility index (Phi) is 5.74. The summed E-state index contributed by atoms with van der Waals surface area (Å²) in [6.45, 7) is 1.93. The molecule has 0 spiro atoms. The number of imide groups is 1. The highest BCUT2D eigenvalue weighted by atomic mass is 16.6. The van der Waals surface area contributed by atoms with Crippen molar-refractivity contribution < 1.29 is 14.3 Å².